The van der Waals surface area contributed by atoms with E-state index in [-0.39, 0.29) is 5.91 Å². The van der Waals surface area contributed by atoms with Crippen molar-refractivity contribution in [3.8, 4) is 0 Å². The van der Waals surface area contributed by atoms with Crippen molar-refractivity contribution in [2.24, 2.45) is 0 Å². The van der Waals surface area contributed by atoms with Gasteiger partial charge in [0.05, 0.1) is 22.9 Å². The summed E-state index contributed by atoms with van der Waals surface area (Å²) in [4.78, 5) is 22.2. The van der Waals surface area contributed by atoms with E-state index in [2.05, 4.69) is 15.3 Å². The molecule has 0 aromatic carbocycles. The van der Waals surface area contributed by atoms with E-state index >= 15 is 0 Å². The Morgan fingerprint density at radius 2 is 2.19 bits per heavy atom. The quantitative estimate of drug-likeness (QED) is 0.923. The maximum atomic E-state index is 11.9. The molecule has 0 aliphatic heterocycles. The Balaban J connectivity index is 1.46. The smallest absolute Gasteiger partial charge is 0.220 e. The molecular formula is C16H19N3OS. The number of hydrogen-bond donors (Lipinski definition) is 1. The topological polar surface area (TPSA) is 54.9 Å². The Hall–Kier alpha value is -1.75. The zero-order chi connectivity index (χ0) is 14.5. The van der Waals surface area contributed by atoms with Gasteiger partial charge in [0, 0.05) is 23.9 Å². The first kappa shape index (κ1) is 14.2. The van der Waals surface area contributed by atoms with Crippen LogP contribution in [0.5, 0.6) is 0 Å². The molecule has 2 aromatic heterocycles. The van der Waals surface area contributed by atoms with Crippen LogP contribution in [0.2, 0.25) is 0 Å². The van der Waals surface area contributed by atoms with Crippen LogP contribution in [-0.2, 0) is 30.6 Å². The fourth-order valence-corrected chi connectivity index (χ4v) is 3.67. The molecule has 1 aliphatic carbocycles. The molecule has 0 fully saturated rings. The number of nitrogens with zero attached hydrogens (tertiary/aromatic N) is 2. The van der Waals surface area contributed by atoms with Crippen molar-refractivity contribution in [1.82, 2.24) is 15.3 Å². The molecule has 0 atom stereocenters. The fraction of sp³-hybridized carbons (Fsp3) is 0.438. The second-order valence-corrected chi connectivity index (χ2v) is 6.45. The lowest BCUT2D eigenvalue weighted by molar-refractivity contribution is -0.121. The van der Waals surface area contributed by atoms with Crippen LogP contribution in [0.3, 0.4) is 0 Å². The highest BCUT2D eigenvalue weighted by Crippen LogP contribution is 2.27. The molecule has 3 rings (SSSR count). The Kier molecular flexibility index (Phi) is 4.60. The highest BCUT2D eigenvalue weighted by atomic mass is 32.1. The van der Waals surface area contributed by atoms with E-state index in [1.807, 2.05) is 18.2 Å². The van der Waals surface area contributed by atoms with Gasteiger partial charge in [0.15, 0.2) is 0 Å². The molecule has 0 saturated heterocycles. The molecule has 1 N–H and O–H groups in total. The Morgan fingerprint density at radius 3 is 3.00 bits per heavy atom. The molecule has 2 heterocycles. The summed E-state index contributed by atoms with van der Waals surface area (Å²) in [7, 11) is 0. The summed E-state index contributed by atoms with van der Waals surface area (Å²) in [5.41, 5.74) is 2.16. The summed E-state index contributed by atoms with van der Waals surface area (Å²) in [5, 5.41) is 4.01. The minimum Gasteiger partial charge on any atom is -0.350 e. The van der Waals surface area contributed by atoms with E-state index in [0.717, 1.165) is 23.5 Å². The maximum absolute atomic E-state index is 11.9. The molecule has 1 amide bonds. The molecule has 21 heavy (non-hydrogen) atoms. The molecule has 0 radical (unpaired) electrons. The van der Waals surface area contributed by atoms with Gasteiger partial charge in [0.25, 0.3) is 0 Å². The standard InChI is InChI=1S/C16H19N3OS/c20-15(18-11-12-5-3-4-10-17-12)8-9-16-19-13-6-1-2-7-14(13)21-16/h3-5,10H,1-2,6-9,11H2,(H,18,20). The largest absolute Gasteiger partial charge is 0.350 e. The third-order valence-electron chi connectivity index (χ3n) is 3.65. The predicted octanol–water partition coefficient (Wildman–Crippen LogP) is 2.67. The highest BCUT2D eigenvalue weighted by Gasteiger charge is 2.15. The first-order valence-corrected chi connectivity index (χ1v) is 8.27. The molecule has 1 aliphatic rings. The Labute approximate surface area is 128 Å². The van der Waals surface area contributed by atoms with Crippen molar-refractivity contribution >= 4 is 17.2 Å². The molecule has 4 nitrogen and oxygen atoms in total. The van der Waals surface area contributed by atoms with Gasteiger partial charge in [-0.3, -0.25) is 9.78 Å². The number of nitrogens with one attached hydrogen (secondary N) is 1. The molecule has 2 aromatic rings. The van der Waals surface area contributed by atoms with Crippen LogP contribution in [0.15, 0.2) is 24.4 Å². The third kappa shape index (κ3) is 3.88. The zero-order valence-corrected chi connectivity index (χ0v) is 12.8. The van der Waals surface area contributed by atoms with Crippen LogP contribution < -0.4 is 5.32 Å². The monoisotopic (exact) mass is 301 g/mol. The van der Waals surface area contributed by atoms with Gasteiger partial charge in [-0.15, -0.1) is 11.3 Å². The summed E-state index contributed by atoms with van der Waals surface area (Å²) >= 11 is 1.79. The van der Waals surface area contributed by atoms with Crippen molar-refractivity contribution in [2.75, 3.05) is 0 Å². The molecule has 0 bridgehead atoms. The normalized spacial score (nSPS) is 13.7. The van der Waals surface area contributed by atoms with E-state index in [4.69, 9.17) is 0 Å². The van der Waals surface area contributed by atoms with Gasteiger partial charge in [0.2, 0.25) is 5.91 Å². The second kappa shape index (κ2) is 6.80. The van der Waals surface area contributed by atoms with Crippen molar-refractivity contribution in [3.63, 3.8) is 0 Å². The first-order valence-electron chi connectivity index (χ1n) is 7.45. The minimum atomic E-state index is 0.0637. The van der Waals surface area contributed by atoms with E-state index in [1.165, 1.54) is 29.8 Å². The van der Waals surface area contributed by atoms with Gasteiger partial charge in [0.1, 0.15) is 0 Å². The van der Waals surface area contributed by atoms with E-state index in [9.17, 15) is 4.79 Å². The predicted molar refractivity (Wildman–Crippen MR) is 83.2 cm³/mol. The summed E-state index contributed by atoms with van der Waals surface area (Å²) < 4.78 is 0. The number of aromatic nitrogens is 2. The van der Waals surface area contributed by atoms with Crippen LogP contribution in [0.1, 0.15) is 40.5 Å². The number of rotatable bonds is 5. The average Bonchev–Trinajstić information content (AvgIpc) is 2.95. The van der Waals surface area contributed by atoms with Gasteiger partial charge in [-0.05, 0) is 37.8 Å². The van der Waals surface area contributed by atoms with Gasteiger partial charge in [-0.2, -0.15) is 0 Å². The number of thiazole rings is 1. The summed E-state index contributed by atoms with van der Waals surface area (Å²) in [5.74, 6) is 0.0637. The van der Waals surface area contributed by atoms with Crippen LogP contribution >= 0.6 is 11.3 Å². The van der Waals surface area contributed by atoms with Gasteiger partial charge < -0.3 is 5.32 Å². The summed E-state index contributed by atoms with van der Waals surface area (Å²) in [6.45, 7) is 0.494. The molecule has 5 heteroatoms. The number of pyridine rings is 1. The third-order valence-corrected chi connectivity index (χ3v) is 4.87. The van der Waals surface area contributed by atoms with E-state index < -0.39 is 0 Å². The lowest BCUT2D eigenvalue weighted by Crippen LogP contribution is -2.23. The molecule has 110 valence electrons. The number of fused-ring (bicyclic) bond motifs is 1. The lowest BCUT2D eigenvalue weighted by atomic mass is 10.0. The van der Waals surface area contributed by atoms with Crippen LogP contribution in [0, 0.1) is 0 Å². The molecular weight excluding hydrogens is 282 g/mol. The van der Waals surface area contributed by atoms with Crippen LogP contribution in [0.25, 0.3) is 0 Å². The average molecular weight is 301 g/mol. The summed E-state index contributed by atoms with van der Waals surface area (Å²) in [6, 6.07) is 5.71. The fourth-order valence-electron chi connectivity index (χ4n) is 2.51. The first-order chi connectivity index (χ1) is 10.3. The number of aryl methyl sites for hydroxylation is 3. The van der Waals surface area contributed by atoms with Crippen molar-refractivity contribution in [1.29, 1.82) is 0 Å². The van der Waals surface area contributed by atoms with Crippen molar-refractivity contribution in [2.45, 2.75) is 45.1 Å². The van der Waals surface area contributed by atoms with Crippen LogP contribution in [0.4, 0.5) is 0 Å². The zero-order valence-electron chi connectivity index (χ0n) is 12.0. The number of hydrogen-bond acceptors (Lipinski definition) is 4. The Bertz CT molecular complexity index is 586. The molecule has 0 unspecified atom stereocenters. The van der Waals surface area contributed by atoms with Gasteiger partial charge in [-0.1, -0.05) is 6.07 Å². The highest BCUT2D eigenvalue weighted by molar-refractivity contribution is 7.11. The SMILES string of the molecule is O=C(CCc1nc2c(s1)CCCC2)NCc1ccccn1. The number of carbonyl (C=O) groups excluding carboxylic acids is 1. The summed E-state index contributed by atoms with van der Waals surface area (Å²) in [6.07, 6.45) is 7.78. The van der Waals surface area contributed by atoms with Crippen molar-refractivity contribution < 1.29 is 4.79 Å². The molecule has 0 saturated carbocycles. The second-order valence-electron chi connectivity index (χ2n) is 5.28. The Morgan fingerprint density at radius 1 is 1.29 bits per heavy atom. The van der Waals surface area contributed by atoms with E-state index in [0.29, 0.717) is 13.0 Å². The lowest BCUT2D eigenvalue weighted by Gasteiger charge is -2.06. The van der Waals surface area contributed by atoms with Gasteiger partial charge >= 0.3 is 0 Å². The number of amides is 1. The van der Waals surface area contributed by atoms with Crippen LogP contribution in [-0.4, -0.2) is 15.9 Å². The maximum Gasteiger partial charge on any atom is 0.220 e. The minimum absolute atomic E-state index is 0.0637. The number of carbonyl (C=O) groups is 1. The van der Waals surface area contributed by atoms with Gasteiger partial charge in [-0.25, -0.2) is 4.98 Å². The van der Waals surface area contributed by atoms with E-state index in [1.54, 1.807) is 17.5 Å². The van der Waals surface area contributed by atoms with Crippen molar-refractivity contribution in [3.05, 3.63) is 45.7 Å². The molecule has 0 spiro atoms.